The van der Waals surface area contributed by atoms with Crippen LogP contribution in [0.2, 0.25) is 10.0 Å². The van der Waals surface area contributed by atoms with E-state index in [-0.39, 0.29) is 11.9 Å². The standard InChI is InChI=1S/C18H20Cl2FN3S/c1-11-12(19)6-5-9-15(11)23-18(25)22-10-16(24(2)3)17-13(20)7-4-8-14(17)21/h4-9,16H,10H2,1-3H3,(H2,22,23,25)/t16-/m1/s1. The molecule has 0 heterocycles. The number of thiocarbonyl (C=S) groups is 1. The molecule has 0 aliphatic heterocycles. The molecule has 25 heavy (non-hydrogen) atoms. The summed E-state index contributed by atoms with van der Waals surface area (Å²) >= 11 is 17.7. The van der Waals surface area contributed by atoms with Gasteiger partial charge in [0.25, 0.3) is 0 Å². The van der Waals surface area contributed by atoms with E-state index in [0.29, 0.717) is 27.3 Å². The Labute approximate surface area is 163 Å². The highest BCUT2D eigenvalue weighted by Gasteiger charge is 2.21. The van der Waals surface area contributed by atoms with Gasteiger partial charge in [-0.1, -0.05) is 35.3 Å². The summed E-state index contributed by atoms with van der Waals surface area (Å²) < 4.78 is 14.2. The molecule has 0 radical (unpaired) electrons. The summed E-state index contributed by atoms with van der Waals surface area (Å²) in [5.74, 6) is -0.336. The zero-order chi connectivity index (χ0) is 18.6. The molecule has 0 saturated carbocycles. The number of benzene rings is 2. The number of hydrogen-bond acceptors (Lipinski definition) is 2. The number of nitrogens with one attached hydrogen (secondary N) is 2. The van der Waals surface area contributed by atoms with Crippen molar-refractivity contribution < 1.29 is 4.39 Å². The van der Waals surface area contributed by atoms with Crippen LogP contribution in [0.25, 0.3) is 0 Å². The molecule has 0 spiro atoms. The first-order valence-electron chi connectivity index (χ1n) is 7.71. The van der Waals surface area contributed by atoms with Crippen LogP contribution in [0.15, 0.2) is 36.4 Å². The Morgan fingerprint density at radius 2 is 1.80 bits per heavy atom. The number of anilines is 1. The third-order valence-electron chi connectivity index (χ3n) is 3.93. The molecule has 0 saturated heterocycles. The van der Waals surface area contributed by atoms with Gasteiger partial charge in [0.2, 0.25) is 0 Å². The fraction of sp³-hybridized carbons (Fsp3) is 0.278. The van der Waals surface area contributed by atoms with E-state index < -0.39 is 0 Å². The van der Waals surface area contributed by atoms with Gasteiger partial charge in [0.15, 0.2) is 5.11 Å². The Morgan fingerprint density at radius 1 is 1.16 bits per heavy atom. The van der Waals surface area contributed by atoms with Crippen molar-refractivity contribution in [2.75, 3.05) is 26.0 Å². The first-order valence-corrected chi connectivity index (χ1v) is 8.88. The lowest BCUT2D eigenvalue weighted by atomic mass is 10.1. The zero-order valence-corrected chi connectivity index (χ0v) is 16.6. The van der Waals surface area contributed by atoms with Crippen molar-refractivity contribution in [1.82, 2.24) is 10.2 Å². The van der Waals surface area contributed by atoms with Crippen molar-refractivity contribution >= 4 is 46.2 Å². The van der Waals surface area contributed by atoms with Gasteiger partial charge >= 0.3 is 0 Å². The highest BCUT2D eigenvalue weighted by atomic mass is 35.5. The van der Waals surface area contributed by atoms with Crippen molar-refractivity contribution in [1.29, 1.82) is 0 Å². The number of hydrogen-bond donors (Lipinski definition) is 2. The van der Waals surface area contributed by atoms with Crippen LogP contribution in [0.1, 0.15) is 17.2 Å². The molecule has 1 atom stereocenters. The summed E-state index contributed by atoms with van der Waals surface area (Å²) in [4.78, 5) is 1.89. The summed E-state index contributed by atoms with van der Waals surface area (Å²) in [6.45, 7) is 2.31. The van der Waals surface area contributed by atoms with Crippen LogP contribution in [-0.4, -0.2) is 30.7 Å². The topological polar surface area (TPSA) is 27.3 Å². The Balaban J connectivity index is 2.09. The van der Waals surface area contributed by atoms with Crippen molar-refractivity contribution in [3.05, 3.63) is 63.4 Å². The maximum absolute atomic E-state index is 14.2. The number of nitrogens with zero attached hydrogens (tertiary/aromatic N) is 1. The third kappa shape index (κ3) is 5.05. The van der Waals surface area contributed by atoms with Crippen LogP contribution < -0.4 is 10.6 Å². The normalized spacial score (nSPS) is 12.1. The van der Waals surface area contributed by atoms with E-state index in [0.717, 1.165) is 11.3 Å². The van der Waals surface area contributed by atoms with Crippen LogP contribution in [0, 0.1) is 12.7 Å². The lowest BCUT2D eigenvalue weighted by Gasteiger charge is -2.27. The first kappa shape index (κ1) is 19.9. The minimum atomic E-state index is -0.336. The predicted molar refractivity (Wildman–Crippen MR) is 108 cm³/mol. The second-order valence-corrected chi connectivity index (χ2v) is 7.08. The Hall–Kier alpha value is -1.40. The molecule has 134 valence electrons. The van der Waals surface area contributed by atoms with Gasteiger partial charge in [-0.3, -0.25) is 0 Å². The molecule has 0 unspecified atom stereocenters. The van der Waals surface area contributed by atoms with Gasteiger partial charge in [-0.15, -0.1) is 0 Å². The Bertz CT molecular complexity index is 748. The minimum absolute atomic E-state index is 0.270. The lowest BCUT2D eigenvalue weighted by Crippen LogP contribution is -2.37. The number of halogens is 3. The minimum Gasteiger partial charge on any atom is -0.361 e. The van der Waals surface area contributed by atoms with Crippen LogP contribution in [0.5, 0.6) is 0 Å². The maximum atomic E-state index is 14.2. The summed E-state index contributed by atoms with van der Waals surface area (Å²) in [6.07, 6.45) is 0. The van der Waals surface area contributed by atoms with Gasteiger partial charge in [0.05, 0.1) is 6.04 Å². The second-order valence-electron chi connectivity index (χ2n) is 5.86. The van der Waals surface area contributed by atoms with E-state index in [1.165, 1.54) is 6.07 Å². The van der Waals surface area contributed by atoms with Crippen molar-refractivity contribution in [3.8, 4) is 0 Å². The SMILES string of the molecule is Cc1c(Cl)cccc1NC(=S)NC[C@H](c1c(F)cccc1Cl)N(C)C. The van der Waals surface area contributed by atoms with Crippen LogP contribution >= 0.6 is 35.4 Å². The highest BCUT2D eigenvalue weighted by Crippen LogP contribution is 2.28. The Kier molecular flexibility index (Phi) is 7.02. The van der Waals surface area contributed by atoms with E-state index in [9.17, 15) is 4.39 Å². The number of rotatable bonds is 5. The second kappa shape index (κ2) is 8.81. The summed E-state index contributed by atoms with van der Waals surface area (Å²) in [5, 5.41) is 7.73. The molecule has 2 N–H and O–H groups in total. The van der Waals surface area contributed by atoms with Crippen molar-refractivity contribution in [2.45, 2.75) is 13.0 Å². The smallest absolute Gasteiger partial charge is 0.170 e. The fourth-order valence-electron chi connectivity index (χ4n) is 2.47. The fourth-order valence-corrected chi connectivity index (χ4v) is 3.13. The first-order chi connectivity index (χ1) is 11.8. The Morgan fingerprint density at radius 3 is 2.44 bits per heavy atom. The molecule has 2 rings (SSSR count). The van der Waals surface area contributed by atoms with E-state index in [1.54, 1.807) is 12.1 Å². The van der Waals surface area contributed by atoms with Crippen LogP contribution in [0.4, 0.5) is 10.1 Å². The maximum Gasteiger partial charge on any atom is 0.170 e. The molecule has 0 bridgehead atoms. The molecule has 2 aromatic rings. The summed E-state index contributed by atoms with van der Waals surface area (Å²) in [5.41, 5.74) is 2.19. The van der Waals surface area contributed by atoms with E-state index >= 15 is 0 Å². The van der Waals surface area contributed by atoms with E-state index in [4.69, 9.17) is 35.4 Å². The molecule has 7 heteroatoms. The molecule has 3 nitrogen and oxygen atoms in total. The number of likely N-dealkylation sites (N-methyl/N-ethyl adjacent to an activating group) is 1. The van der Waals surface area contributed by atoms with Crippen LogP contribution in [-0.2, 0) is 0 Å². The lowest BCUT2D eigenvalue weighted by molar-refractivity contribution is 0.292. The van der Waals surface area contributed by atoms with E-state index in [1.807, 2.05) is 44.1 Å². The molecule has 0 fully saturated rings. The van der Waals surface area contributed by atoms with Crippen LogP contribution in [0.3, 0.4) is 0 Å². The predicted octanol–water partition coefficient (Wildman–Crippen LogP) is 5.03. The summed E-state index contributed by atoms with van der Waals surface area (Å²) in [6, 6.07) is 9.98. The highest BCUT2D eigenvalue weighted by molar-refractivity contribution is 7.80. The molecular weight excluding hydrogens is 380 g/mol. The quantitative estimate of drug-likeness (QED) is 0.689. The van der Waals surface area contributed by atoms with Gasteiger partial charge in [0.1, 0.15) is 5.82 Å². The molecule has 2 aromatic carbocycles. The average molecular weight is 400 g/mol. The molecular formula is C18H20Cl2FN3S. The van der Waals surface area contributed by atoms with Gasteiger partial charge in [0, 0.05) is 27.8 Å². The van der Waals surface area contributed by atoms with E-state index in [2.05, 4.69) is 10.6 Å². The summed E-state index contributed by atoms with van der Waals surface area (Å²) in [7, 11) is 3.74. The molecule has 0 amide bonds. The monoisotopic (exact) mass is 399 g/mol. The zero-order valence-electron chi connectivity index (χ0n) is 14.2. The van der Waals surface area contributed by atoms with Gasteiger partial charge < -0.3 is 15.5 Å². The molecule has 0 aliphatic rings. The van der Waals surface area contributed by atoms with Crippen molar-refractivity contribution in [2.24, 2.45) is 0 Å². The molecule has 0 aromatic heterocycles. The van der Waals surface area contributed by atoms with Gasteiger partial charge in [-0.05, 0) is 63.1 Å². The van der Waals surface area contributed by atoms with Crippen molar-refractivity contribution in [3.63, 3.8) is 0 Å². The third-order valence-corrected chi connectivity index (χ3v) is 4.91. The van der Waals surface area contributed by atoms with Gasteiger partial charge in [-0.2, -0.15) is 0 Å². The van der Waals surface area contributed by atoms with Gasteiger partial charge in [-0.25, -0.2) is 4.39 Å². The largest absolute Gasteiger partial charge is 0.361 e. The molecule has 0 aliphatic carbocycles. The average Bonchev–Trinajstić information content (AvgIpc) is 2.54.